The van der Waals surface area contributed by atoms with Crippen molar-refractivity contribution in [2.24, 2.45) is 5.92 Å². The maximum absolute atomic E-state index is 12.2. The van der Waals surface area contributed by atoms with E-state index in [1.807, 2.05) is 18.2 Å². The molecule has 80 valence electrons. The lowest BCUT2D eigenvalue weighted by Crippen LogP contribution is -2.11. The number of carbonyl (C=O) groups is 1. The molecule has 0 heterocycles. The standard InChI is InChI=1S/C12H12Br2O/c13-9-5-6-11(14)10(7-9)12(15)8-3-1-2-4-8/h5-8H,1-4H2. The third kappa shape index (κ3) is 2.51. The molecule has 1 fully saturated rings. The molecule has 0 bridgehead atoms. The van der Waals surface area contributed by atoms with Crippen molar-refractivity contribution in [3.05, 3.63) is 32.7 Å². The maximum atomic E-state index is 12.2. The number of hydrogen-bond acceptors (Lipinski definition) is 1. The van der Waals surface area contributed by atoms with Gasteiger partial charge in [0.2, 0.25) is 0 Å². The van der Waals surface area contributed by atoms with E-state index in [-0.39, 0.29) is 5.92 Å². The molecule has 1 saturated carbocycles. The monoisotopic (exact) mass is 330 g/mol. The molecule has 0 unspecified atom stereocenters. The molecule has 0 saturated heterocycles. The highest BCUT2D eigenvalue weighted by molar-refractivity contribution is 9.11. The molecule has 1 aliphatic carbocycles. The fourth-order valence-corrected chi connectivity index (χ4v) is 2.90. The lowest BCUT2D eigenvalue weighted by Gasteiger charge is -2.09. The van der Waals surface area contributed by atoms with Crippen molar-refractivity contribution in [2.75, 3.05) is 0 Å². The largest absolute Gasteiger partial charge is 0.294 e. The van der Waals surface area contributed by atoms with Gasteiger partial charge in [-0.05, 0) is 31.0 Å². The number of rotatable bonds is 2. The highest BCUT2D eigenvalue weighted by Gasteiger charge is 2.25. The van der Waals surface area contributed by atoms with Crippen LogP contribution in [-0.2, 0) is 0 Å². The first kappa shape index (κ1) is 11.3. The molecule has 0 spiro atoms. The summed E-state index contributed by atoms with van der Waals surface area (Å²) in [6.07, 6.45) is 4.50. The molecule has 1 aromatic carbocycles. The summed E-state index contributed by atoms with van der Waals surface area (Å²) in [4.78, 5) is 12.2. The SMILES string of the molecule is O=C(c1cc(Br)ccc1Br)C1CCCC1. The van der Waals surface area contributed by atoms with Crippen molar-refractivity contribution >= 4 is 37.6 Å². The molecule has 0 N–H and O–H groups in total. The van der Waals surface area contributed by atoms with E-state index in [9.17, 15) is 4.79 Å². The first-order valence-electron chi connectivity index (χ1n) is 5.18. The van der Waals surface area contributed by atoms with Crippen LogP contribution in [0, 0.1) is 5.92 Å². The zero-order valence-corrected chi connectivity index (χ0v) is 11.5. The second-order valence-electron chi connectivity index (χ2n) is 3.97. The van der Waals surface area contributed by atoms with Crippen molar-refractivity contribution in [2.45, 2.75) is 25.7 Å². The van der Waals surface area contributed by atoms with Gasteiger partial charge in [0.05, 0.1) is 0 Å². The number of halogens is 2. The summed E-state index contributed by atoms with van der Waals surface area (Å²) in [5.41, 5.74) is 0.816. The Morgan fingerprint density at radius 3 is 2.53 bits per heavy atom. The van der Waals surface area contributed by atoms with Gasteiger partial charge in [-0.15, -0.1) is 0 Å². The normalized spacial score (nSPS) is 16.9. The van der Waals surface area contributed by atoms with Gasteiger partial charge in [-0.1, -0.05) is 44.7 Å². The molecular weight excluding hydrogens is 320 g/mol. The molecule has 0 atom stereocenters. The Morgan fingerprint density at radius 1 is 1.20 bits per heavy atom. The average molecular weight is 332 g/mol. The lowest BCUT2D eigenvalue weighted by molar-refractivity contribution is 0.0922. The molecule has 0 radical (unpaired) electrons. The highest BCUT2D eigenvalue weighted by atomic mass is 79.9. The predicted molar refractivity (Wildman–Crippen MR) is 68.1 cm³/mol. The van der Waals surface area contributed by atoms with E-state index < -0.39 is 0 Å². The molecule has 1 aromatic rings. The van der Waals surface area contributed by atoms with E-state index in [1.54, 1.807) is 0 Å². The van der Waals surface area contributed by atoms with Crippen molar-refractivity contribution < 1.29 is 4.79 Å². The van der Waals surface area contributed by atoms with Crippen molar-refractivity contribution in [1.82, 2.24) is 0 Å². The Kier molecular flexibility index (Phi) is 3.62. The van der Waals surface area contributed by atoms with E-state index >= 15 is 0 Å². The van der Waals surface area contributed by atoms with Crippen molar-refractivity contribution in [3.8, 4) is 0 Å². The van der Waals surface area contributed by atoms with Gasteiger partial charge >= 0.3 is 0 Å². The van der Waals surface area contributed by atoms with E-state index in [0.29, 0.717) is 5.78 Å². The number of benzene rings is 1. The molecule has 0 aromatic heterocycles. The third-order valence-corrected chi connectivity index (χ3v) is 4.10. The minimum atomic E-state index is 0.246. The second-order valence-corrected chi connectivity index (χ2v) is 5.74. The zero-order chi connectivity index (χ0) is 10.8. The highest BCUT2D eigenvalue weighted by Crippen LogP contribution is 2.31. The number of Topliss-reactive ketones (excluding diaryl/α,β-unsaturated/α-hetero) is 1. The van der Waals surface area contributed by atoms with Crippen LogP contribution in [0.2, 0.25) is 0 Å². The summed E-state index contributed by atoms with van der Waals surface area (Å²) in [7, 11) is 0. The van der Waals surface area contributed by atoms with Gasteiger partial charge in [-0.3, -0.25) is 4.79 Å². The first-order chi connectivity index (χ1) is 7.18. The fourth-order valence-electron chi connectivity index (χ4n) is 2.09. The summed E-state index contributed by atoms with van der Waals surface area (Å²) >= 11 is 6.84. The van der Waals surface area contributed by atoms with Crippen LogP contribution >= 0.6 is 31.9 Å². The van der Waals surface area contributed by atoms with E-state index in [2.05, 4.69) is 31.9 Å². The van der Waals surface area contributed by atoms with Crippen LogP contribution in [0.25, 0.3) is 0 Å². The van der Waals surface area contributed by atoms with Crippen LogP contribution in [0.3, 0.4) is 0 Å². The van der Waals surface area contributed by atoms with Crippen LogP contribution < -0.4 is 0 Å². The molecule has 0 amide bonds. The van der Waals surface area contributed by atoms with Crippen LogP contribution in [0.4, 0.5) is 0 Å². The van der Waals surface area contributed by atoms with Crippen LogP contribution in [0.1, 0.15) is 36.0 Å². The second kappa shape index (κ2) is 4.79. The molecule has 3 heteroatoms. The molecule has 2 rings (SSSR count). The van der Waals surface area contributed by atoms with Crippen molar-refractivity contribution in [3.63, 3.8) is 0 Å². The Balaban J connectivity index is 2.27. The van der Waals surface area contributed by atoms with Gasteiger partial charge in [0, 0.05) is 20.4 Å². The summed E-state index contributed by atoms with van der Waals surface area (Å²) in [6, 6.07) is 5.77. The Hall–Kier alpha value is -0.150. The average Bonchev–Trinajstić information content (AvgIpc) is 2.74. The maximum Gasteiger partial charge on any atom is 0.167 e. The van der Waals surface area contributed by atoms with Gasteiger partial charge < -0.3 is 0 Å². The van der Waals surface area contributed by atoms with E-state index in [1.165, 1.54) is 12.8 Å². The van der Waals surface area contributed by atoms with Gasteiger partial charge in [0.25, 0.3) is 0 Å². The Labute approximate surface area is 107 Å². The van der Waals surface area contributed by atoms with E-state index in [0.717, 1.165) is 27.4 Å². The van der Waals surface area contributed by atoms with Gasteiger partial charge in [-0.25, -0.2) is 0 Å². The number of carbonyl (C=O) groups excluding carboxylic acids is 1. The minimum absolute atomic E-state index is 0.246. The zero-order valence-electron chi connectivity index (χ0n) is 8.30. The quantitative estimate of drug-likeness (QED) is 0.725. The first-order valence-corrected chi connectivity index (χ1v) is 6.76. The number of hydrogen-bond donors (Lipinski definition) is 0. The number of ketones is 1. The van der Waals surface area contributed by atoms with Crippen LogP contribution in [0.5, 0.6) is 0 Å². The molecular formula is C12H12Br2O. The predicted octanol–water partition coefficient (Wildman–Crippen LogP) is 4.58. The fraction of sp³-hybridized carbons (Fsp3) is 0.417. The Morgan fingerprint density at radius 2 is 1.87 bits per heavy atom. The van der Waals surface area contributed by atoms with E-state index in [4.69, 9.17) is 0 Å². The van der Waals surface area contributed by atoms with Crippen LogP contribution in [-0.4, -0.2) is 5.78 Å². The summed E-state index contributed by atoms with van der Waals surface area (Å²) < 4.78 is 1.87. The summed E-state index contributed by atoms with van der Waals surface area (Å²) in [5, 5.41) is 0. The topological polar surface area (TPSA) is 17.1 Å². The van der Waals surface area contributed by atoms with Crippen molar-refractivity contribution in [1.29, 1.82) is 0 Å². The lowest BCUT2D eigenvalue weighted by atomic mass is 9.96. The Bertz CT molecular complexity index is 381. The molecule has 1 aliphatic rings. The third-order valence-electron chi connectivity index (χ3n) is 2.92. The molecule has 0 aliphatic heterocycles. The molecule has 15 heavy (non-hydrogen) atoms. The van der Waals surface area contributed by atoms with Gasteiger partial charge in [0.1, 0.15) is 0 Å². The summed E-state index contributed by atoms with van der Waals surface area (Å²) in [5.74, 6) is 0.538. The smallest absolute Gasteiger partial charge is 0.167 e. The summed E-state index contributed by atoms with van der Waals surface area (Å²) in [6.45, 7) is 0. The molecule has 1 nitrogen and oxygen atoms in total. The van der Waals surface area contributed by atoms with Gasteiger partial charge in [-0.2, -0.15) is 0 Å². The van der Waals surface area contributed by atoms with Gasteiger partial charge in [0.15, 0.2) is 5.78 Å². The van der Waals surface area contributed by atoms with Crippen LogP contribution in [0.15, 0.2) is 27.1 Å². The minimum Gasteiger partial charge on any atom is -0.294 e.